The van der Waals surface area contributed by atoms with E-state index in [2.05, 4.69) is 20.6 Å². The van der Waals surface area contributed by atoms with Crippen molar-refractivity contribution in [2.45, 2.75) is 133 Å². The molecule has 0 aromatic carbocycles. The minimum Gasteiger partial charge on any atom is -0.467 e. The van der Waals surface area contributed by atoms with Crippen LogP contribution in [0.15, 0.2) is 24.3 Å². The standard InChI is InChI=1S/2C24H38N4O6/c2*1-9-27(10-2)20(29)17-13-16(14-18(25-17)21(30)28(11-3)12-4)15-19(22(31)33-8)26-23(32)34-24(5,6)7/h2*13-14,19H,9-12,15H2,1-8H3,(H,26,32)/t2*19-/m00/s1. The van der Waals surface area contributed by atoms with E-state index >= 15 is 0 Å². The Morgan fingerprint density at radius 1 is 0.456 bits per heavy atom. The average molecular weight is 957 g/mol. The van der Waals surface area contributed by atoms with Crippen LogP contribution in [0.25, 0.3) is 0 Å². The predicted octanol–water partition coefficient (Wildman–Crippen LogP) is 5.31. The van der Waals surface area contributed by atoms with Gasteiger partial charge in [-0.2, -0.15) is 0 Å². The van der Waals surface area contributed by atoms with Gasteiger partial charge in [0, 0.05) is 65.2 Å². The first-order valence-electron chi connectivity index (χ1n) is 23.1. The van der Waals surface area contributed by atoms with Crippen molar-refractivity contribution >= 4 is 47.8 Å². The van der Waals surface area contributed by atoms with Crippen LogP contribution in [-0.2, 0) is 41.4 Å². The van der Waals surface area contributed by atoms with Gasteiger partial charge in [0.2, 0.25) is 0 Å². The Bertz CT molecular complexity index is 1800. The van der Waals surface area contributed by atoms with Crippen molar-refractivity contribution in [1.82, 2.24) is 40.2 Å². The van der Waals surface area contributed by atoms with Gasteiger partial charge in [-0.15, -0.1) is 0 Å². The van der Waals surface area contributed by atoms with Crippen molar-refractivity contribution in [3.05, 3.63) is 58.2 Å². The van der Waals surface area contributed by atoms with Crippen LogP contribution in [0.1, 0.15) is 150 Å². The zero-order valence-corrected chi connectivity index (χ0v) is 43.1. The summed E-state index contributed by atoms with van der Waals surface area (Å²) in [4.78, 5) is 116. The molecular weight excluding hydrogens is 881 g/mol. The molecule has 6 amide bonds. The Morgan fingerprint density at radius 2 is 0.676 bits per heavy atom. The number of carbonyl (C=O) groups is 8. The maximum Gasteiger partial charge on any atom is 0.408 e. The highest BCUT2D eigenvalue weighted by atomic mass is 16.6. The zero-order valence-electron chi connectivity index (χ0n) is 43.1. The number of amides is 6. The van der Waals surface area contributed by atoms with Gasteiger partial charge in [-0.25, -0.2) is 29.1 Å². The molecule has 2 aromatic rings. The van der Waals surface area contributed by atoms with E-state index in [9.17, 15) is 38.4 Å². The second-order valence-corrected chi connectivity index (χ2v) is 17.3. The monoisotopic (exact) mass is 957 g/mol. The third kappa shape index (κ3) is 19.1. The van der Waals surface area contributed by atoms with Gasteiger partial charge < -0.3 is 49.2 Å². The van der Waals surface area contributed by atoms with Crippen molar-refractivity contribution in [2.75, 3.05) is 66.6 Å². The van der Waals surface area contributed by atoms with Crippen molar-refractivity contribution in [3.63, 3.8) is 0 Å². The van der Waals surface area contributed by atoms with E-state index in [0.29, 0.717) is 63.5 Å². The minimum atomic E-state index is -1.09. The summed E-state index contributed by atoms with van der Waals surface area (Å²) in [5.41, 5.74) is -0.173. The number of ether oxygens (including phenoxy) is 4. The second-order valence-electron chi connectivity index (χ2n) is 17.3. The minimum absolute atomic E-state index is 0.0223. The van der Waals surface area contributed by atoms with E-state index < -0.39 is 47.4 Å². The average Bonchev–Trinajstić information content (AvgIpc) is 3.28. The summed E-state index contributed by atoms with van der Waals surface area (Å²) in [7, 11) is 2.42. The summed E-state index contributed by atoms with van der Waals surface area (Å²) >= 11 is 0. The molecule has 0 unspecified atom stereocenters. The number of hydrogen-bond acceptors (Lipinski definition) is 14. The maximum atomic E-state index is 13.0. The Labute approximate surface area is 402 Å². The first-order valence-corrected chi connectivity index (χ1v) is 23.1. The largest absolute Gasteiger partial charge is 0.467 e. The van der Waals surface area contributed by atoms with E-state index in [1.165, 1.54) is 38.5 Å². The first-order chi connectivity index (χ1) is 31.8. The molecule has 2 aromatic heterocycles. The maximum absolute atomic E-state index is 13.0. The van der Waals surface area contributed by atoms with Gasteiger partial charge in [-0.05, 0) is 132 Å². The topological polar surface area (TPSA) is 236 Å². The van der Waals surface area contributed by atoms with Crippen LogP contribution < -0.4 is 10.6 Å². The van der Waals surface area contributed by atoms with E-state index in [1.54, 1.807) is 61.1 Å². The van der Waals surface area contributed by atoms with E-state index in [0.717, 1.165) is 0 Å². The molecule has 0 aliphatic carbocycles. The zero-order chi connectivity index (χ0) is 52.1. The highest BCUT2D eigenvalue weighted by Gasteiger charge is 2.30. The Hall–Kier alpha value is -6.34. The summed E-state index contributed by atoms with van der Waals surface area (Å²) in [6.45, 7) is 28.9. The molecule has 0 saturated heterocycles. The molecule has 0 aliphatic heterocycles. The Kier molecular flexibility index (Phi) is 24.7. The van der Waals surface area contributed by atoms with Crippen molar-refractivity contribution in [2.24, 2.45) is 0 Å². The number of aromatic nitrogens is 2. The summed E-state index contributed by atoms with van der Waals surface area (Å²) in [6, 6.07) is 3.96. The molecule has 0 aliphatic rings. The van der Waals surface area contributed by atoms with Gasteiger partial charge >= 0.3 is 24.1 Å². The highest BCUT2D eigenvalue weighted by molar-refractivity contribution is 5.98. The van der Waals surface area contributed by atoms with Gasteiger partial charge in [0.05, 0.1) is 14.2 Å². The molecule has 0 radical (unpaired) electrons. The number of methoxy groups -OCH3 is 2. The van der Waals surface area contributed by atoms with Crippen molar-refractivity contribution in [3.8, 4) is 0 Å². The van der Waals surface area contributed by atoms with Crippen LogP contribution in [0.5, 0.6) is 0 Å². The normalized spacial score (nSPS) is 11.9. The number of nitrogens with zero attached hydrogens (tertiary/aromatic N) is 6. The number of pyridine rings is 2. The third-order valence-corrected chi connectivity index (χ3v) is 10.1. The molecule has 380 valence electrons. The van der Waals surface area contributed by atoms with Crippen molar-refractivity contribution in [1.29, 1.82) is 0 Å². The lowest BCUT2D eigenvalue weighted by atomic mass is 10.0. The second kappa shape index (κ2) is 28.1. The molecular formula is C48H76N8O12. The lowest BCUT2D eigenvalue weighted by Crippen LogP contribution is -2.45. The Balaban J connectivity index is 0.000000680. The number of carbonyl (C=O) groups excluding carboxylic acids is 8. The molecule has 20 heteroatoms. The highest BCUT2D eigenvalue weighted by Crippen LogP contribution is 2.17. The molecule has 2 rings (SSSR count). The van der Waals surface area contributed by atoms with E-state index in [-0.39, 0.29) is 59.2 Å². The molecule has 2 atom stereocenters. The molecule has 2 N–H and O–H groups in total. The fourth-order valence-corrected chi connectivity index (χ4v) is 6.58. The van der Waals surface area contributed by atoms with Crippen LogP contribution in [0.2, 0.25) is 0 Å². The lowest BCUT2D eigenvalue weighted by Gasteiger charge is -2.23. The van der Waals surface area contributed by atoms with Crippen molar-refractivity contribution < 1.29 is 57.3 Å². The molecule has 2 heterocycles. The number of nitrogens with one attached hydrogen (secondary N) is 2. The van der Waals surface area contributed by atoms with Crippen LogP contribution >= 0.6 is 0 Å². The van der Waals surface area contributed by atoms with Crippen LogP contribution in [0.4, 0.5) is 9.59 Å². The third-order valence-electron chi connectivity index (χ3n) is 10.1. The van der Waals surface area contributed by atoms with Gasteiger partial charge in [0.1, 0.15) is 46.1 Å². The number of rotatable bonds is 20. The van der Waals surface area contributed by atoms with Crippen LogP contribution in [-0.4, -0.2) is 167 Å². The molecule has 20 nitrogen and oxygen atoms in total. The fourth-order valence-electron chi connectivity index (χ4n) is 6.58. The summed E-state index contributed by atoms with van der Waals surface area (Å²) < 4.78 is 20.2. The van der Waals surface area contributed by atoms with Gasteiger partial charge in [0.25, 0.3) is 23.6 Å². The SMILES string of the molecule is CCN(CC)C(=O)c1cc(C[C@H](NC(=O)OC(C)(C)C)C(=O)OC)cc(C(=O)N(CC)CC)n1.CCN(CC)C(=O)c1cc(C[C@H](NC(=O)OC(C)(C)C)C(=O)OC)cc(C(=O)N(CC)CC)n1. The lowest BCUT2D eigenvalue weighted by molar-refractivity contribution is -0.143. The van der Waals surface area contributed by atoms with Gasteiger partial charge in [-0.1, -0.05) is 0 Å². The summed E-state index contributed by atoms with van der Waals surface area (Å²) in [5.74, 6) is -2.66. The Morgan fingerprint density at radius 3 is 0.853 bits per heavy atom. The number of alkyl carbamates (subject to hydrolysis) is 2. The predicted molar refractivity (Wildman–Crippen MR) is 255 cm³/mol. The number of hydrogen-bond donors (Lipinski definition) is 2. The van der Waals surface area contributed by atoms with E-state index in [4.69, 9.17) is 18.9 Å². The summed E-state index contributed by atoms with van der Waals surface area (Å²) in [5, 5.41) is 5.03. The first kappa shape index (κ1) is 59.7. The van der Waals surface area contributed by atoms with Gasteiger partial charge in [-0.3, -0.25) is 19.2 Å². The quantitative estimate of drug-likeness (QED) is 0.127. The molecule has 0 saturated carbocycles. The van der Waals surface area contributed by atoms with Gasteiger partial charge in [0.15, 0.2) is 0 Å². The smallest absolute Gasteiger partial charge is 0.408 e. The van der Waals surface area contributed by atoms with Crippen LogP contribution in [0.3, 0.4) is 0 Å². The fraction of sp³-hybridized carbons (Fsp3) is 0.625. The molecule has 0 fully saturated rings. The van der Waals surface area contributed by atoms with Crippen LogP contribution in [0, 0.1) is 0 Å². The molecule has 68 heavy (non-hydrogen) atoms. The number of esters is 2. The molecule has 0 bridgehead atoms. The molecule has 0 spiro atoms. The summed E-state index contributed by atoms with van der Waals surface area (Å²) in [6.07, 6.45) is -1.61. The van der Waals surface area contributed by atoms with E-state index in [1.807, 2.05) is 55.4 Å².